The van der Waals surface area contributed by atoms with Crippen LogP contribution in [0.1, 0.15) is 34.8 Å². The number of benzene rings is 2. The molecule has 27 heavy (non-hydrogen) atoms. The Labute approximate surface area is 157 Å². The van der Waals surface area contributed by atoms with Crippen molar-refractivity contribution in [2.75, 3.05) is 5.32 Å². The molecule has 0 aliphatic carbocycles. The molecule has 1 amide bonds. The summed E-state index contributed by atoms with van der Waals surface area (Å²) < 4.78 is 0. The summed E-state index contributed by atoms with van der Waals surface area (Å²) >= 11 is 0. The van der Waals surface area contributed by atoms with Crippen LogP contribution in [0, 0.1) is 20.8 Å². The Balaban J connectivity index is 1.68. The zero-order chi connectivity index (χ0) is 19.0. The van der Waals surface area contributed by atoms with Crippen molar-refractivity contribution in [3.63, 3.8) is 0 Å². The van der Waals surface area contributed by atoms with Gasteiger partial charge in [0.2, 0.25) is 17.8 Å². The fourth-order valence-electron chi connectivity index (χ4n) is 3.42. The first kappa shape index (κ1) is 17.1. The van der Waals surface area contributed by atoms with Crippen LogP contribution < -0.4 is 10.6 Å². The van der Waals surface area contributed by atoms with E-state index in [0.717, 1.165) is 27.7 Å². The summed E-state index contributed by atoms with van der Waals surface area (Å²) in [5.74, 6) is 0.731. The van der Waals surface area contributed by atoms with Gasteiger partial charge in [0.1, 0.15) is 0 Å². The van der Waals surface area contributed by atoms with Crippen LogP contribution in [0.4, 0.5) is 5.95 Å². The van der Waals surface area contributed by atoms with Crippen molar-refractivity contribution in [2.24, 2.45) is 4.99 Å². The smallest absolute Gasteiger partial charge is 0.230 e. The number of hydrogen-bond acceptors (Lipinski definition) is 5. The number of aromatic nitrogens is 2. The van der Waals surface area contributed by atoms with Gasteiger partial charge in [-0.2, -0.15) is 0 Å². The summed E-state index contributed by atoms with van der Waals surface area (Å²) in [6.07, 6.45) is 0.325. The van der Waals surface area contributed by atoms with E-state index in [9.17, 15) is 4.79 Å². The molecule has 3 aromatic rings. The van der Waals surface area contributed by atoms with Crippen molar-refractivity contribution in [1.82, 2.24) is 15.3 Å². The maximum absolute atomic E-state index is 12.1. The van der Waals surface area contributed by atoms with Gasteiger partial charge in [0, 0.05) is 5.39 Å². The number of anilines is 1. The molecule has 6 nitrogen and oxygen atoms in total. The summed E-state index contributed by atoms with van der Waals surface area (Å²) in [5.41, 5.74) is 5.07. The molecule has 2 N–H and O–H groups in total. The first-order valence-corrected chi connectivity index (χ1v) is 8.95. The number of fused-ring (bicyclic) bond motifs is 1. The molecule has 0 radical (unpaired) electrons. The highest BCUT2D eigenvalue weighted by atomic mass is 16.1. The summed E-state index contributed by atoms with van der Waals surface area (Å²) in [6.45, 7) is 6.06. The van der Waals surface area contributed by atoms with Gasteiger partial charge in [0.05, 0.1) is 23.7 Å². The van der Waals surface area contributed by atoms with E-state index in [-0.39, 0.29) is 11.9 Å². The lowest BCUT2D eigenvalue weighted by atomic mass is 10.0. The highest BCUT2D eigenvalue weighted by Crippen LogP contribution is 2.25. The second kappa shape index (κ2) is 6.79. The van der Waals surface area contributed by atoms with Crippen LogP contribution in [0.3, 0.4) is 0 Å². The first-order valence-electron chi connectivity index (χ1n) is 8.95. The van der Waals surface area contributed by atoms with Gasteiger partial charge < -0.3 is 0 Å². The number of carbonyl (C=O) groups excluding carboxylic acids is 1. The van der Waals surface area contributed by atoms with Crippen molar-refractivity contribution < 1.29 is 4.79 Å². The standard InChI is InChI=1S/C21H21N5O/c1-12-9-13(2)19-16(10-12)14(3)22-20(25-19)26-21-23-17(11-18(27)24-21)15-7-5-4-6-8-15/h4-10,17H,11H2,1-3H3,(H2,22,23,24,25,26,27)/t17-/m0/s1. The Kier molecular flexibility index (Phi) is 4.32. The van der Waals surface area contributed by atoms with Gasteiger partial charge >= 0.3 is 0 Å². The molecule has 1 aromatic heterocycles. The Morgan fingerprint density at radius 3 is 2.63 bits per heavy atom. The average Bonchev–Trinajstić information content (AvgIpc) is 2.63. The summed E-state index contributed by atoms with van der Waals surface area (Å²) in [5, 5.41) is 6.89. The molecule has 0 saturated carbocycles. The number of carbonyl (C=O) groups is 1. The molecule has 136 valence electrons. The van der Waals surface area contributed by atoms with Crippen LogP contribution in [0.25, 0.3) is 10.9 Å². The molecule has 2 aromatic carbocycles. The Bertz CT molecular complexity index is 1060. The van der Waals surface area contributed by atoms with E-state index in [1.165, 1.54) is 5.56 Å². The fourth-order valence-corrected chi connectivity index (χ4v) is 3.42. The SMILES string of the molecule is Cc1cc(C)c2nc(NC3=N[C@H](c4ccccc4)CC(=O)N3)nc(C)c2c1. The molecular weight excluding hydrogens is 338 g/mol. The number of aliphatic imine (C=N–C) groups is 1. The Morgan fingerprint density at radius 2 is 1.85 bits per heavy atom. The topological polar surface area (TPSA) is 79.3 Å². The Hall–Kier alpha value is -3.28. The van der Waals surface area contributed by atoms with Crippen LogP contribution in [-0.4, -0.2) is 21.8 Å². The minimum absolute atomic E-state index is 0.0781. The van der Waals surface area contributed by atoms with E-state index >= 15 is 0 Å². The van der Waals surface area contributed by atoms with Gasteiger partial charge in [-0.25, -0.2) is 15.0 Å². The largest absolute Gasteiger partial charge is 0.296 e. The molecule has 0 fully saturated rings. The normalized spacial score (nSPS) is 16.8. The molecular formula is C21H21N5O. The zero-order valence-corrected chi connectivity index (χ0v) is 15.6. The lowest BCUT2D eigenvalue weighted by molar-refractivity contribution is -0.120. The third-order valence-electron chi connectivity index (χ3n) is 4.66. The Morgan fingerprint density at radius 1 is 1.07 bits per heavy atom. The number of hydrogen-bond donors (Lipinski definition) is 2. The molecule has 1 aliphatic rings. The number of amides is 1. The van der Waals surface area contributed by atoms with E-state index < -0.39 is 0 Å². The maximum Gasteiger partial charge on any atom is 0.230 e. The minimum Gasteiger partial charge on any atom is -0.296 e. The second-order valence-electron chi connectivity index (χ2n) is 6.89. The van der Waals surface area contributed by atoms with Crippen LogP contribution >= 0.6 is 0 Å². The van der Waals surface area contributed by atoms with Crippen LogP contribution in [0.15, 0.2) is 47.5 Å². The molecule has 1 aliphatic heterocycles. The van der Waals surface area contributed by atoms with Gasteiger partial charge in [0.15, 0.2) is 0 Å². The minimum atomic E-state index is -0.214. The van der Waals surface area contributed by atoms with Crippen molar-refractivity contribution >= 4 is 28.7 Å². The predicted molar refractivity (Wildman–Crippen MR) is 107 cm³/mol. The number of nitrogens with zero attached hydrogens (tertiary/aromatic N) is 3. The maximum atomic E-state index is 12.1. The summed E-state index contributed by atoms with van der Waals surface area (Å²) in [4.78, 5) is 26.0. The van der Waals surface area contributed by atoms with Crippen LogP contribution in [0.5, 0.6) is 0 Å². The van der Waals surface area contributed by atoms with E-state index in [1.807, 2.05) is 44.2 Å². The third-order valence-corrected chi connectivity index (χ3v) is 4.66. The number of rotatable bonds is 2. The van der Waals surface area contributed by atoms with Gasteiger partial charge in [-0.05, 0) is 38.0 Å². The molecule has 4 rings (SSSR count). The number of guanidine groups is 1. The average molecular weight is 359 g/mol. The summed E-state index contributed by atoms with van der Waals surface area (Å²) in [6, 6.07) is 13.8. The quantitative estimate of drug-likeness (QED) is 0.733. The summed E-state index contributed by atoms with van der Waals surface area (Å²) in [7, 11) is 0. The molecule has 0 unspecified atom stereocenters. The zero-order valence-electron chi connectivity index (χ0n) is 15.6. The molecule has 0 saturated heterocycles. The van der Waals surface area contributed by atoms with E-state index in [0.29, 0.717) is 18.3 Å². The molecule has 1 atom stereocenters. The molecule has 6 heteroatoms. The van der Waals surface area contributed by atoms with Gasteiger partial charge in [-0.1, -0.05) is 42.0 Å². The lowest BCUT2D eigenvalue weighted by Gasteiger charge is -2.21. The second-order valence-corrected chi connectivity index (χ2v) is 6.89. The monoisotopic (exact) mass is 359 g/mol. The van der Waals surface area contributed by atoms with Crippen LogP contribution in [-0.2, 0) is 4.79 Å². The molecule has 0 spiro atoms. The lowest BCUT2D eigenvalue weighted by Crippen LogP contribution is -2.40. The number of nitrogens with one attached hydrogen (secondary N) is 2. The molecule has 0 bridgehead atoms. The predicted octanol–water partition coefficient (Wildman–Crippen LogP) is 3.58. The van der Waals surface area contributed by atoms with Gasteiger partial charge in [0.25, 0.3) is 0 Å². The fraction of sp³-hybridized carbons (Fsp3) is 0.238. The van der Waals surface area contributed by atoms with E-state index in [4.69, 9.17) is 0 Å². The third kappa shape index (κ3) is 3.51. The van der Waals surface area contributed by atoms with Crippen molar-refractivity contribution in [3.8, 4) is 0 Å². The van der Waals surface area contributed by atoms with Crippen molar-refractivity contribution in [3.05, 3.63) is 64.8 Å². The highest BCUT2D eigenvalue weighted by Gasteiger charge is 2.23. The molecule has 2 heterocycles. The van der Waals surface area contributed by atoms with Gasteiger partial charge in [-0.15, -0.1) is 0 Å². The first-order chi connectivity index (χ1) is 13.0. The van der Waals surface area contributed by atoms with E-state index in [2.05, 4.69) is 44.7 Å². The van der Waals surface area contributed by atoms with Crippen molar-refractivity contribution in [1.29, 1.82) is 0 Å². The van der Waals surface area contributed by atoms with E-state index in [1.54, 1.807) is 0 Å². The van der Waals surface area contributed by atoms with Crippen molar-refractivity contribution in [2.45, 2.75) is 33.2 Å². The number of aryl methyl sites for hydroxylation is 3. The van der Waals surface area contributed by atoms with Crippen LogP contribution in [0.2, 0.25) is 0 Å². The van der Waals surface area contributed by atoms with Gasteiger partial charge in [-0.3, -0.25) is 15.4 Å². The highest BCUT2D eigenvalue weighted by molar-refractivity contribution is 6.05.